The Morgan fingerprint density at radius 1 is 1.62 bits per heavy atom. The Hall–Kier alpha value is 0.260. The lowest BCUT2D eigenvalue weighted by Crippen LogP contribution is -2.36. The number of nitrogens with one attached hydrogen (secondary N) is 1. The van der Waals surface area contributed by atoms with Gasteiger partial charge in [0.1, 0.15) is 5.44 Å². The van der Waals surface area contributed by atoms with Gasteiger partial charge in [0.2, 0.25) is 0 Å². The van der Waals surface area contributed by atoms with Crippen LogP contribution in [0.2, 0.25) is 4.34 Å². The minimum atomic E-state index is 0.239. The van der Waals surface area contributed by atoms with Crippen LogP contribution in [-0.2, 0) is 4.74 Å². The van der Waals surface area contributed by atoms with Gasteiger partial charge in [0.05, 0.1) is 15.2 Å². The summed E-state index contributed by atoms with van der Waals surface area (Å²) in [6, 6.07) is 3.96. The van der Waals surface area contributed by atoms with Gasteiger partial charge in [0.15, 0.2) is 0 Å². The molecule has 2 rings (SSSR count). The molecule has 1 aliphatic heterocycles. The summed E-state index contributed by atoms with van der Waals surface area (Å²) >= 11 is 9.16. The molecular formula is C8H10ClNOS2. The number of hydrogen-bond acceptors (Lipinski definition) is 4. The fraction of sp³-hybridized carbons (Fsp3) is 0.500. The van der Waals surface area contributed by atoms with Gasteiger partial charge in [-0.05, 0) is 12.1 Å². The van der Waals surface area contributed by atoms with Crippen molar-refractivity contribution in [3.63, 3.8) is 0 Å². The maximum Gasteiger partial charge on any atom is 0.120 e. The zero-order valence-corrected chi connectivity index (χ0v) is 9.35. The summed E-state index contributed by atoms with van der Waals surface area (Å²) in [5, 5.41) is 3.29. The van der Waals surface area contributed by atoms with Crippen LogP contribution in [0.1, 0.15) is 0 Å². The Labute approximate surface area is 90.6 Å². The Bertz CT molecular complexity index is 273. The van der Waals surface area contributed by atoms with Gasteiger partial charge in [-0.3, -0.25) is 0 Å². The largest absolute Gasteiger partial charge is 0.365 e. The molecule has 1 aromatic rings. The second-order valence-electron chi connectivity index (χ2n) is 2.68. The third-order valence-corrected chi connectivity index (χ3v) is 4.19. The lowest BCUT2D eigenvalue weighted by molar-refractivity contribution is 0.0853. The molecule has 0 saturated carbocycles. The number of halogens is 1. The van der Waals surface area contributed by atoms with Crippen LogP contribution in [0.3, 0.4) is 0 Å². The minimum Gasteiger partial charge on any atom is -0.365 e. The summed E-state index contributed by atoms with van der Waals surface area (Å²) in [6.45, 7) is 2.68. The van der Waals surface area contributed by atoms with Crippen LogP contribution in [0.15, 0.2) is 16.3 Å². The predicted octanol–water partition coefficient (Wildman–Crippen LogP) is 2.44. The van der Waals surface area contributed by atoms with Crippen LogP contribution >= 0.6 is 34.7 Å². The van der Waals surface area contributed by atoms with E-state index in [1.165, 1.54) is 4.21 Å². The van der Waals surface area contributed by atoms with E-state index in [9.17, 15) is 0 Å². The number of thiophene rings is 1. The van der Waals surface area contributed by atoms with E-state index in [2.05, 4.69) is 5.32 Å². The molecule has 0 amide bonds. The topological polar surface area (TPSA) is 21.3 Å². The summed E-state index contributed by atoms with van der Waals surface area (Å²) in [6.07, 6.45) is 0. The molecule has 0 aliphatic carbocycles. The van der Waals surface area contributed by atoms with E-state index < -0.39 is 0 Å². The minimum absolute atomic E-state index is 0.239. The van der Waals surface area contributed by atoms with Gasteiger partial charge in [-0.2, -0.15) is 0 Å². The first kappa shape index (κ1) is 9.80. The number of rotatable bonds is 2. The van der Waals surface area contributed by atoms with Crippen molar-refractivity contribution in [2.75, 3.05) is 19.7 Å². The fourth-order valence-corrected chi connectivity index (χ4v) is 3.58. The van der Waals surface area contributed by atoms with E-state index in [1.54, 1.807) is 23.1 Å². The van der Waals surface area contributed by atoms with Crippen molar-refractivity contribution in [3.05, 3.63) is 16.5 Å². The van der Waals surface area contributed by atoms with Crippen molar-refractivity contribution in [3.8, 4) is 0 Å². The van der Waals surface area contributed by atoms with Crippen LogP contribution in [0, 0.1) is 0 Å². The van der Waals surface area contributed by atoms with E-state index in [0.29, 0.717) is 0 Å². The van der Waals surface area contributed by atoms with Crippen molar-refractivity contribution >= 4 is 34.7 Å². The summed E-state index contributed by atoms with van der Waals surface area (Å²) in [4.78, 5) is 0. The van der Waals surface area contributed by atoms with E-state index in [-0.39, 0.29) is 5.44 Å². The molecule has 2 heterocycles. The number of morpholine rings is 1. The highest BCUT2D eigenvalue weighted by atomic mass is 35.5. The maximum atomic E-state index is 5.83. The smallest absolute Gasteiger partial charge is 0.120 e. The zero-order valence-electron chi connectivity index (χ0n) is 6.96. The normalized spacial score (nSPS) is 23.3. The lowest BCUT2D eigenvalue weighted by atomic mass is 10.5. The van der Waals surface area contributed by atoms with E-state index in [4.69, 9.17) is 16.3 Å². The van der Waals surface area contributed by atoms with Gasteiger partial charge >= 0.3 is 0 Å². The predicted molar refractivity (Wildman–Crippen MR) is 57.8 cm³/mol. The third kappa shape index (κ3) is 2.86. The van der Waals surface area contributed by atoms with Gasteiger partial charge in [-0.1, -0.05) is 23.4 Å². The zero-order chi connectivity index (χ0) is 9.10. The Kier molecular flexibility index (Phi) is 3.51. The highest BCUT2D eigenvalue weighted by molar-refractivity contribution is 8.01. The molecule has 2 nitrogen and oxygen atoms in total. The average molecular weight is 236 g/mol. The van der Waals surface area contributed by atoms with E-state index >= 15 is 0 Å². The summed E-state index contributed by atoms with van der Waals surface area (Å²) in [5.41, 5.74) is 0.239. The molecule has 1 fully saturated rings. The summed E-state index contributed by atoms with van der Waals surface area (Å²) in [5.74, 6) is 0. The second-order valence-corrected chi connectivity index (χ2v) is 5.86. The van der Waals surface area contributed by atoms with Crippen LogP contribution in [0.25, 0.3) is 0 Å². The van der Waals surface area contributed by atoms with Crippen molar-refractivity contribution in [1.82, 2.24) is 5.32 Å². The first-order valence-corrected chi connectivity index (χ1v) is 6.16. The van der Waals surface area contributed by atoms with Crippen molar-refractivity contribution in [2.24, 2.45) is 0 Å². The first-order chi connectivity index (χ1) is 6.34. The molecule has 13 heavy (non-hydrogen) atoms. The molecule has 1 N–H and O–H groups in total. The molecule has 72 valence electrons. The molecule has 1 saturated heterocycles. The number of thioether (sulfide) groups is 1. The van der Waals surface area contributed by atoms with E-state index in [0.717, 1.165) is 24.0 Å². The molecule has 5 heteroatoms. The Morgan fingerprint density at radius 2 is 2.54 bits per heavy atom. The summed E-state index contributed by atoms with van der Waals surface area (Å²) in [7, 11) is 0. The molecule has 1 aliphatic rings. The first-order valence-electron chi connectivity index (χ1n) is 4.09. The Morgan fingerprint density at radius 3 is 3.15 bits per heavy atom. The third-order valence-electron chi connectivity index (χ3n) is 1.69. The lowest BCUT2D eigenvalue weighted by Gasteiger charge is -2.22. The van der Waals surface area contributed by atoms with Gasteiger partial charge < -0.3 is 10.1 Å². The van der Waals surface area contributed by atoms with Gasteiger partial charge in [0.25, 0.3) is 0 Å². The van der Waals surface area contributed by atoms with Crippen LogP contribution in [-0.4, -0.2) is 25.1 Å². The Balaban J connectivity index is 1.89. The number of ether oxygens (including phenoxy) is 1. The summed E-state index contributed by atoms with van der Waals surface area (Å²) < 4.78 is 7.62. The quantitative estimate of drug-likeness (QED) is 0.851. The molecule has 1 aromatic heterocycles. The highest BCUT2D eigenvalue weighted by Gasteiger charge is 2.15. The van der Waals surface area contributed by atoms with Gasteiger partial charge in [-0.25, -0.2) is 0 Å². The average Bonchev–Trinajstić information content (AvgIpc) is 2.53. The van der Waals surface area contributed by atoms with Crippen molar-refractivity contribution in [1.29, 1.82) is 0 Å². The molecule has 1 atom stereocenters. The van der Waals surface area contributed by atoms with Crippen molar-refractivity contribution in [2.45, 2.75) is 9.65 Å². The maximum absolute atomic E-state index is 5.83. The van der Waals surface area contributed by atoms with Crippen LogP contribution in [0.5, 0.6) is 0 Å². The van der Waals surface area contributed by atoms with Crippen molar-refractivity contribution < 1.29 is 4.74 Å². The fourth-order valence-electron chi connectivity index (χ4n) is 1.11. The molecule has 1 unspecified atom stereocenters. The van der Waals surface area contributed by atoms with Gasteiger partial charge in [0, 0.05) is 13.1 Å². The van der Waals surface area contributed by atoms with Crippen LogP contribution < -0.4 is 5.32 Å². The van der Waals surface area contributed by atoms with Crippen LogP contribution in [0.4, 0.5) is 0 Å². The monoisotopic (exact) mass is 235 g/mol. The number of hydrogen-bond donors (Lipinski definition) is 1. The molecular weight excluding hydrogens is 226 g/mol. The molecule has 0 radical (unpaired) electrons. The SMILES string of the molecule is Clc1ccc(SC2CNCCO2)s1. The molecule has 0 spiro atoms. The van der Waals surface area contributed by atoms with Gasteiger partial charge in [-0.15, -0.1) is 11.3 Å². The molecule has 0 bridgehead atoms. The van der Waals surface area contributed by atoms with E-state index in [1.807, 2.05) is 12.1 Å². The second kappa shape index (κ2) is 4.66. The standard InChI is InChI=1S/C8H10ClNOS2/c9-6-1-2-8(12-6)13-7-5-10-3-4-11-7/h1-2,7,10H,3-5H2. The molecule has 0 aromatic carbocycles. The highest BCUT2D eigenvalue weighted by Crippen LogP contribution is 2.33.